The van der Waals surface area contributed by atoms with Crippen LogP contribution in [0.1, 0.15) is 26.4 Å². The van der Waals surface area contributed by atoms with Gasteiger partial charge in [0.15, 0.2) is 0 Å². The van der Waals surface area contributed by atoms with E-state index in [1.165, 1.54) is 25.6 Å². The number of pyridine rings is 1. The quantitative estimate of drug-likeness (QED) is 0.621. The Labute approximate surface area is 174 Å². The zero-order valence-corrected chi connectivity index (χ0v) is 17.3. The van der Waals surface area contributed by atoms with Crippen molar-refractivity contribution < 1.29 is 19.1 Å². The van der Waals surface area contributed by atoms with Crippen LogP contribution in [0.2, 0.25) is 5.02 Å². The molecule has 1 aliphatic rings. The fraction of sp³-hybridized carbons (Fsp3) is 0.474. The molecular formula is C19H24ClN5O4. The molecule has 0 N–H and O–H groups in total. The molecule has 0 atom stereocenters. The lowest BCUT2D eigenvalue weighted by molar-refractivity contribution is 0.0318. The first-order valence-corrected chi connectivity index (χ1v) is 9.67. The van der Waals surface area contributed by atoms with Gasteiger partial charge in [-0.3, -0.25) is 19.4 Å². The highest BCUT2D eigenvalue weighted by atomic mass is 35.5. The highest BCUT2D eigenvalue weighted by molar-refractivity contribution is 6.31. The first-order valence-electron chi connectivity index (χ1n) is 9.29. The van der Waals surface area contributed by atoms with Gasteiger partial charge in [0, 0.05) is 51.8 Å². The smallest absolute Gasteiger partial charge is 0.338 e. The normalized spacial score (nSPS) is 14.6. The molecular weight excluding hydrogens is 398 g/mol. The van der Waals surface area contributed by atoms with Crippen LogP contribution < -0.4 is 0 Å². The van der Waals surface area contributed by atoms with Gasteiger partial charge in [0.25, 0.3) is 5.91 Å². The Morgan fingerprint density at radius 2 is 2.07 bits per heavy atom. The number of ether oxygens (including phenoxy) is 2. The molecule has 9 nitrogen and oxygen atoms in total. The summed E-state index contributed by atoms with van der Waals surface area (Å²) in [5.41, 5.74) is 0.956. The van der Waals surface area contributed by atoms with E-state index in [0.717, 1.165) is 13.1 Å². The SMILES string of the molecule is COC(=O)c1ccncc1C(=O)N(CCN1CCOCC1)Cc1nn(C)cc1Cl. The minimum atomic E-state index is -0.584. The van der Waals surface area contributed by atoms with Crippen LogP contribution >= 0.6 is 11.6 Å². The van der Waals surface area contributed by atoms with Crippen molar-refractivity contribution in [3.8, 4) is 0 Å². The second-order valence-corrected chi connectivity index (χ2v) is 7.10. The Hall–Kier alpha value is -2.49. The molecule has 1 fully saturated rings. The van der Waals surface area contributed by atoms with Crippen LogP contribution in [0.25, 0.3) is 0 Å². The monoisotopic (exact) mass is 421 g/mol. The number of carbonyl (C=O) groups excluding carboxylic acids is 2. The van der Waals surface area contributed by atoms with E-state index in [9.17, 15) is 9.59 Å². The molecule has 2 aromatic heterocycles. The summed E-state index contributed by atoms with van der Waals surface area (Å²) in [5.74, 6) is -0.909. The Bertz CT molecular complexity index is 866. The molecule has 29 heavy (non-hydrogen) atoms. The van der Waals surface area contributed by atoms with Gasteiger partial charge in [-0.15, -0.1) is 0 Å². The van der Waals surface area contributed by atoms with Crippen LogP contribution in [0.3, 0.4) is 0 Å². The van der Waals surface area contributed by atoms with Crippen molar-refractivity contribution in [2.24, 2.45) is 7.05 Å². The van der Waals surface area contributed by atoms with Crippen molar-refractivity contribution in [2.75, 3.05) is 46.5 Å². The molecule has 0 bridgehead atoms. The Kier molecular flexibility index (Phi) is 7.18. The molecule has 0 aromatic carbocycles. The molecule has 0 spiro atoms. The Morgan fingerprint density at radius 3 is 2.72 bits per heavy atom. The van der Waals surface area contributed by atoms with Crippen LogP contribution in [0.15, 0.2) is 24.7 Å². The molecule has 2 aromatic rings. The summed E-state index contributed by atoms with van der Waals surface area (Å²) in [5, 5.41) is 4.83. The van der Waals surface area contributed by atoms with E-state index in [2.05, 4.69) is 15.0 Å². The number of hydrogen-bond acceptors (Lipinski definition) is 7. The maximum atomic E-state index is 13.3. The molecule has 0 unspecified atom stereocenters. The van der Waals surface area contributed by atoms with Crippen LogP contribution in [0, 0.1) is 0 Å². The van der Waals surface area contributed by atoms with Gasteiger partial charge in [-0.25, -0.2) is 4.79 Å². The number of rotatable bonds is 7. The van der Waals surface area contributed by atoms with Crippen LogP contribution in [-0.4, -0.2) is 82.9 Å². The van der Waals surface area contributed by atoms with Gasteiger partial charge in [-0.2, -0.15) is 5.10 Å². The van der Waals surface area contributed by atoms with Crippen LogP contribution in [0.5, 0.6) is 0 Å². The topological polar surface area (TPSA) is 89.8 Å². The van der Waals surface area contributed by atoms with Gasteiger partial charge < -0.3 is 14.4 Å². The number of aryl methyl sites for hydroxylation is 1. The first-order chi connectivity index (χ1) is 14.0. The number of amides is 1. The van der Waals surface area contributed by atoms with E-state index >= 15 is 0 Å². The third-order valence-corrected chi connectivity index (χ3v) is 5.04. The number of methoxy groups -OCH3 is 1. The van der Waals surface area contributed by atoms with Gasteiger partial charge in [-0.05, 0) is 6.07 Å². The lowest BCUT2D eigenvalue weighted by Gasteiger charge is -2.30. The van der Waals surface area contributed by atoms with Gasteiger partial charge in [-0.1, -0.05) is 11.6 Å². The van der Waals surface area contributed by atoms with Crippen LogP contribution in [-0.2, 0) is 23.1 Å². The largest absolute Gasteiger partial charge is 0.465 e. The summed E-state index contributed by atoms with van der Waals surface area (Å²) in [6.07, 6.45) is 4.53. The number of morpholine rings is 1. The highest BCUT2D eigenvalue weighted by Crippen LogP contribution is 2.18. The summed E-state index contributed by atoms with van der Waals surface area (Å²) in [4.78, 5) is 33.3. The maximum absolute atomic E-state index is 13.3. The predicted molar refractivity (Wildman–Crippen MR) is 106 cm³/mol. The number of halogens is 1. The second kappa shape index (κ2) is 9.82. The Balaban J connectivity index is 1.84. The summed E-state index contributed by atoms with van der Waals surface area (Å²) < 4.78 is 11.8. The minimum absolute atomic E-state index is 0.177. The average Bonchev–Trinajstić information content (AvgIpc) is 3.07. The second-order valence-electron chi connectivity index (χ2n) is 6.69. The number of aromatic nitrogens is 3. The molecule has 1 saturated heterocycles. The third-order valence-electron chi connectivity index (χ3n) is 4.73. The van der Waals surface area contributed by atoms with E-state index in [4.69, 9.17) is 21.1 Å². The van der Waals surface area contributed by atoms with E-state index < -0.39 is 5.97 Å². The highest BCUT2D eigenvalue weighted by Gasteiger charge is 2.25. The number of hydrogen-bond donors (Lipinski definition) is 0. The molecule has 0 aliphatic carbocycles. The summed E-state index contributed by atoms with van der Waals surface area (Å²) in [6.45, 7) is 4.32. The molecule has 0 radical (unpaired) electrons. The predicted octanol–water partition coefficient (Wildman–Crippen LogP) is 1.23. The van der Waals surface area contributed by atoms with Crippen molar-refractivity contribution in [2.45, 2.75) is 6.54 Å². The fourth-order valence-corrected chi connectivity index (χ4v) is 3.39. The zero-order chi connectivity index (χ0) is 20.8. The number of carbonyl (C=O) groups is 2. The molecule has 1 amide bonds. The van der Waals surface area contributed by atoms with Crippen molar-refractivity contribution in [1.82, 2.24) is 24.6 Å². The Morgan fingerprint density at radius 1 is 1.31 bits per heavy atom. The van der Waals surface area contributed by atoms with E-state index in [0.29, 0.717) is 37.0 Å². The molecule has 3 rings (SSSR count). The number of nitrogens with zero attached hydrogens (tertiary/aromatic N) is 5. The molecule has 1 aliphatic heterocycles. The standard InChI is InChI=1S/C19H24ClN5O4/c1-23-12-16(20)17(22-23)13-25(6-5-24-7-9-29-10-8-24)18(26)15-11-21-4-3-14(15)19(27)28-2/h3-4,11-12H,5-10,13H2,1-2H3. The zero-order valence-electron chi connectivity index (χ0n) is 16.5. The maximum Gasteiger partial charge on any atom is 0.338 e. The first kappa shape index (κ1) is 21.2. The number of esters is 1. The van der Waals surface area contributed by atoms with E-state index in [1.807, 2.05) is 0 Å². The van der Waals surface area contributed by atoms with Gasteiger partial charge in [0.2, 0.25) is 0 Å². The minimum Gasteiger partial charge on any atom is -0.465 e. The van der Waals surface area contributed by atoms with Gasteiger partial charge in [0.05, 0.1) is 43.0 Å². The van der Waals surface area contributed by atoms with E-state index in [-0.39, 0.29) is 23.6 Å². The van der Waals surface area contributed by atoms with E-state index in [1.54, 1.807) is 22.8 Å². The van der Waals surface area contributed by atoms with Crippen molar-refractivity contribution in [3.05, 3.63) is 46.5 Å². The summed E-state index contributed by atoms with van der Waals surface area (Å²) in [7, 11) is 3.05. The molecule has 0 saturated carbocycles. The van der Waals surface area contributed by atoms with Crippen LogP contribution in [0.4, 0.5) is 0 Å². The third kappa shape index (κ3) is 5.31. The molecule has 156 valence electrons. The summed E-state index contributed by atoms with van der Waals surface area (Å²) in [6, 6.07) is 1.48. The lowest BCUT2D eigenvalue weighted by Crippen LogP contribution is -2.43. The summed E-state index contributed by atoms with van der Waals surface area (Å²) >= 11 is 6.26. The van der Waals surface area contributed by atoms with Crippen molar-refractivity contribution >= 4 is 23.5 Å². The van der Waals surface area contributed by atoms with Gasteiger partial charge >= 0.3 is 5.97 Å². The molecule has 10 heteroatoms. The van der Waals surface area contributed by atoms with Crippen molar-refractivity contribution in [3.63, 3.8) is 0 Å². The van der Waals surface area contributed by atoms with Gasteiger partial charge in [0.1, 0.15) is 5.69 Å². The fourth-order valence-electron chi connectivity index (χ4n) is 3.16. The lowest BCUT2D eigenvalue weighted by atomic mass is 10.1. The van der Waals surface area contributed by atoms with Crippen molar-refractivity contribution in [1.29, 1.82) is 0 Å². The molecule has 3 heterocycles. The average molecular weight is 422 g/mol.